The highest BCUT2D eigenvalue weighted by Crippen LogP contribution is 2.14. The third-order valence-corrected chi connectivity index (χ3v) is 3.44. The molecular weight excluding hydrogens is 266 g/mol. The molecular formula is C11H16B2O5S. The van der Waals surface area contributed by atoms with Crippen molar-refractivity contribution in [1.82, 2.24) is 0 Å². The molecule has 0 spiro atoms. The van der Waals surface area contributed by atoms with E-state index < -0.39 is 21.8 Å². The quantitative estimate of drug-likeness (QED) is 0.411. The normalized spacial score (nSPS) is 11.2. The Morgan fingerprint density at radius 3 is 2.47 bits per heavy atom. The highest BCUT2D eigenvalue weighted by atomic mass is 32.2. The first-order chi connectivity index (χ1) is 8.87. The lowest BCUT2D eigenvalue weighted by molar-refractivity contribution is 0.0527. The van der Waals surface area contributed by atoms with E-state index >= 15 is 0 Å². The van der Waals surface area contributed by atoms with Gasteiger partial charge in [0.05, 0.1) is 5.56 Å². The van der Waals surface area contributed by atoms with Crippen molar-refractivity contribution in [2.75, 3.05) is 12.4 Å². The van der Waals surface area contributed by atoms with Crippen LogP contribution in [0.25, 0.3) is 0 Å². The van der Waals surface area contributed by atoms with Crippen LogP contribution in [0.3, 0.4) is 0 Å². The molecule has 0 atom stereocenters. The molecule has 1 rings (SSSR count). The fourth-order valence-electron chi connectivity index (χ4n) is 1.66. The van der Waals surface area contributed by atoms with Gasteiger partial charge in [0.25, 0.3) is 10.1 Å². The van der Waals surface area contributed by atoms with Gasteiger partial charge in [-0.15, -0.1) is 0 Å². The molecule has 0 aliphatic heterocycles. The minimum atomic E-state index is -4.11. The lowest BCUT2D eigenvalue weighted by Gasteiger charge is -2.09. The number of hydrogen-bond donors (Lipinski definition) is 1. The summed E-state index contributed by atoms with van der Waals surface area (Å²) in [4.78, 5) is 11.9. The Morgan fingerprint density at radius 2 is 1.95 bits per heavy atom. The van der Waals surface area contributed by atoms with Crippen molar-refractivity contribution in [3.63, 3.8) is 0 Å². The summed E-state index contributed by atoms with van der Waals surface area (Å²) < 4.78 is 34.5. The molecule has 0 radical (unpaired) electrons. The fourth-order valence-corrected chi connectivity index (χ4v) is 1.95. The molecule has 0 saturated carbocycles. The van der Waals surface area contributed by atoms with Crippen LogP contribution >= 0.6 is 0 Å². The molecule has 5 nitrogen and oxygen atoms in total. The average Bonchev–Trinajstić information content (AvgIpc) is 2.36. The zero-order valence-corrected chi connectivity index (χ0v) is 11.9. The van der Waals surface area contributed by atoms with Gasteiger partial charge in [-0.05, 0) is 11.6 Å². The maximum atomic E-state index is 11.9. The van der Waals surface area contributed by atoms with Gasteiger partial charge in [0.2, 0.25) is 0 Å². The first-order valence-corrected chi connectivity index (χ1v) is 7.72. The van der Waals surface area contributed by atoms with Crippen molar-refractivity contribution in [2.24, 2.45) is 0 Å². The molecule has 0 aromatic heterocycles. The molecule has 0 amide bonds. The molecule has 0 aliphatic carbocycles. The Kier molecular flexibility index (Phi) is 5.62. The van der Waals surface area contributed by atoms with Gasteiger partial charge >= 0.3 is 5.97 Å². The molecule has 1 aromatic carbocycles. The topological polar surface area (TPSA) is 80.7 Å². The van der Waals surface area contributed by atoms with Gasteiger partial charge in [0, 0.05) is 0 Å². The van der Waals surface area contributed by atoms with Crippen molar-refractivity contribution in [3.05, 3.63) is 34.9 Å². The van der Waals surface area contributed by atoms with E-state index in [1.54, 1.807) is 6.07 Å². The van der Waals surface area contributed by atoms with E-state index in [-0.39, 0.29) is 6.61 Å². The van der Waals surface area contributed by atoms with Gasteiger partial charge in [0.15, 0.2) is 0 Å². The molecule has 0 aliphatic rings. The van der Waals surface area contributed by atoms with Crippen LogP contribution in [-0.2, 0) is 27.5 Å². The summed E-state index contributed by atoms with van der Waals surface area (Å²) in [5.41, 5.74) is 2.32. The van der Waals surface area contributed by atoms with Crippen molar-refractivity contribution >= 4 is 31.8 Å². The Balaban J connectivity index is 2.80. The zero-order chi connectivity index (χ0) is 14.5. The van der Waals surface area contributed by atoms with Gasteiger partial charge in [0.1, 0.15) is 28.1 Å². The summed E-state index contributed by atoms with van der Waals surface area (Å²) >= 11 is 0. The van der Waals surface area contributed by atoms with Crippen LogP contribution in [-0.4, -0.2) is 47.0 Å². The third kappa shape index (κ3) is 5.08. The van der Waals surface area contributed by atoms with E-state index in [2.05, 4.69) is 0 Å². The highest BCUT2D eigenvalue weighted by molar-refractivity contribution is 7.85. The van der Waals surface area contributed by atoms with Gasteiger partial charge in [-0.2, -0.15) is 8.42 Å². The van der Waals surface area contributed by atoms with Crippen molar-refractivity contribution in [3.8, 4) is 0 Å². The van der Waals surface area contributed by atoms with Crippen molar-refractivity contribution in [2.45, 2.75) is 12.6 Å². The molecule has 0 bridgehead atoms. The van der Waals surface area contributed by atoms with Crippen molar-refractivity contribution < 1.29 is 22.5 Å². The lowest BCUT2D eigenvalue weighted by atomic mass is 9.89. The van der Waals surface area contributed by atoms with Gasteiger partial charge in [-0.25, -0.2) is 4.79 Å². The van der Waals surface area contributed by atoms with Crippen LogP contribution in [0.5, 0.6) is 0 Å². The van der Waals surface area contributed by atoms with Crippen LogP contribution in [0.1, 0.15) is 21.5 Å². The first kappa shape index (κ1) is 15.8. The molecule has 0 saturated heterocycles. The van der Waals surface area contributed by atoms with E-state index in [4.69, 9.17) is 9.29 Å². The summed E-state index contributed by atoms with van der Waals surface area (Å²) in [7, 11) is -0.201. The molecule has 1 aromatic rings. The summed E-state index contributed by atoms with van der Waals surface area (Å²) in [6.45, 7) is -0.350. The molecule has 8 heteroatoms. The molecule has 0 heterocycles. The predicted molar refractivity (Wildman–Crippen MR) is 77.6 cm³/mol. The van der Waals surface area contributed by atoms with Gasteiger partial charge in [-0.1, -0.05) is 30.3 Å². The summed E-state index contributed by atoms with van der Waals surface area (Å²) in [5, 5.41) is 0. The lowest BCUT2D eigenvalue weighted by Crippen LogP contribution is -2.16. The fraction of sp³-hybridized carbons (Fsp3) is 0.364. The Bertz CT molecular complexity index is 556. The van der Waals surface area contributed by atoms with Crippen molar-refractivity contribution in [1.29, 1.82) is 0 Å². The number of carbonyl (C=O) groups is 1. The van der Waals surface area contributed by atoms with E-state index in [9.17, 15) is 13.2 Å². The highest BCUT2D eigenvalue weighted by Gasteiger charge is 2.14. The number of hydrogen-bond acceptors (Lipinski definition) is 4. The molecule has 102 valence electrons. The number of rotatable bonds is 6. The van der Waals surface area contributed by atoms with Crippen LogP contribution in [0, 0.1) is 0 Å². The predicted octanol–water partition coefficient (Wildman–Crippen LogP) is -1.00. The zero-order valence-electron chi connectivity index (χ0n) is 11.0. The number of ether oxygens (including phenoxy) is 1. The van der Waals surface area contributed by atoms with E-state index in [1.165, 1.54) is 0 Å². The standard InChI is InChI=1S/C11H16B2O5S/c12-6-8-1-2-9(7-13)10(5-8)11(14)18-3-4-19(15,16)17/h1-2,5H,3-4,6-7,12-13H2,(H,15,16,17). The third-order valence-electron chi connectivity index (χ3n) is 2.76. The number of carbonyl (C=O) groups excluding carboxylic acids is 1. The van der Waals surface area contributed by atoms with Crippen LogP contribution in [0.4, 0.5) is 0 Å². The second-order valence-corrected chi connectivity index (χ2v) is 5.69. The van der Waals surface area contributed by atoms with E-state index in [0.717, 1.165) is 17.4 Å². The Morgan fingerprint density at radius 1 is 1.26 bits per heavy atom. The van der Waals surface area contributed by atoms with E-state index in [0.29, 0.717) is 11.9 Å². The monoisotopic (exact) mass is 282 g/mol. The summed E-state index contributed by atoms with van der Waals surface area (Å²) in [6.07, 6.45) is 1.49. The van der Waals surface area contributed by atoms with E-state index in [1.807, 2.05) is 27.8 Å². The smallest absolute Gasteiger partial charge is 0.338 e. The maximum absolute atomic E-state index is 11.9. The maximum Gasteiger partial charge on any atom is 0.338 e. The van der Waals surface area contributed by atoms with Gasteiger partial charge in [-0.3, -0.25) is 4.55 Å². The Labute approximate surface area is 114 Å². The first-order valence-electron chi connectivity index (χ1n) is 6.11. The van der Waals surface area contributed by atoms with Crippen LogP contribution in [0.2, 0.25) is 0 Å². The number of benzene rings is 1. The minimum absolute atomic E-state index is 0.350. The summed E-state index contributed by atoms with van der Waals surface area (Å²) in [6, 6.07) is 5.58. The van der Waals surface area contributed by atoms with Crippen LogP contribution in [0.15, 0.2) is 18.2 Å². The minimum Gasteiger partial charge on any atom is -0.461 e. The second kappa shape index (κ2) is 6.77. The second-order valence-electron chi connectivity index (χ2n) is 4.12. The molecule has 0 unspecified atom stereocenters. The molecule has 1 N–H and O–H groups in total. The Hall–Kier alpha value is -1.27. The van der Waals surface area contributed by atoms with Gasteiger partial charge < -0.3 is 4.74 Å². The average molecular weight is 282 g/mol. The summed E-state index contributed by atoms with van der Waals surface area (Å²) in [5.74, 6) is -1.15. The van der Waals surface area contributed by atoms with Crippen LogP contribution < -0.4 is 0 Å². The molecule has 19 heavy (non-hydrogen) atoms. The SMILES string of the molecule is BCc1ccc(CB)c(C(=O)OCCS(=O)(=O)O)c1. The largest absolute Gasteiger partial charge is 0.461 e. The number of esters is 1. The molecule has 0 fully saturated rings.